The average molecular weight is 372 g/mol. The van der Waals surface area contributed by atoms with E-state index in [2.05, 4.69) is 10.3 Å². The lowest BCUT2D eigenvalue weighted by Crippen LogP contribution is -2.29. The fraction of sp³-hybridized carbons (Fsp3) is 0.158. The Labute approximate surface area is 155 Å². The van der Waals surface area contributed by atoms with Gasteiger partial charge in [0.2, 0.25) is 0 Å². The normalized spacial score (nSPS) is 13.2. The lowest BCUT2D eigenvalue weighted by atomic mass is 9.98. The van der Waals surface area contributed by atoms with Gasteiger partial charge in [0.1, 0.15) is 10.7 Å². The van der Waals surface area contributed by atoms with Crippen LogP contribution in [0.25, 0.3) is 0 Å². The van der Waals surface area contributed by atoms with E-state index >= 15 is 0 Å². The molecule has 0 fully saturated rings. The van der Waals surface area contributed by atoms with E-state index < -0.39 is 0 Å². The second kappa shape index (κ2) is 7.78. The minimum Gasteiger partial charge on any atom is -0.340 e. The lowest BCUT2D eigenvalue weighted by Gasteiger charge is -2.19. The predicted octanol–water partition coefficient (Wildman–Crippen LogP) is 4.34. The number of benzene rings is 2. The number of aromatic nitrogens is 1. The Morgan fingerprint density at radius 2 is 1.76 bits per heavy atom. The van der Waals surface area contributed by atoms with Crippen molar-refractivity contribution in [2.45, 2.75) is 19.0 Å². The van der Waals surface area contributed by atoms with Crippen molar-refractivity contribution < 1.29 is 4.79 Å². The van der Waals surface area contributed by atoms with Gasteiger partial charge in [0.05, 0.1) is 12.1 Å². The molecule has 0 saturated heterocycles. The number of nitrogens with two attached hydrogens (primary N) is 1. The molecule has 0 radical (unpaired) electrons. The van der Waals surface area contributed by atoms with Gasteiger partial charge >= 0.3 is 0 Å². The van der Waals surface area contributed by atoms with Crippen LogP contribution in [0.4, 0.5) is 0 Å². The molecule has 3 aromatic rings. The molecule has 2 unspecified atom stereocenters. The van der Waals surface area contributed by atoms with Crippen LogP contribution in [-0.2, 0) is 0 Å². The summed E-state index contributed by atoms with van der Waals surface area (Å²) in [5.41, 5.74) is 8.15. The zero-order valence-corrected chi connectivity index (χ0v) is 15.2. The van der Waals surface area contributed by atoms with Crippen molar-refractivity contribution in [3.8, 4) is 0 Å². The zero-order valence-electron chi connectivity index (χ0n) is 13.6. The van der Waals surface area contributed by atoms with Gasteiger partial charge in [-0.05, 0) is 30.2 Å². The molecule has 0 spiro atoms. The maximum absolute atomic E-state index is 12.7. The molecule has 3 N–H and O–H groups in total. The number of amides is 1. The van der Waals surface area contributed by atoms with E-state index in [4.69, 9.17) is 17.3 Å². The minimum atomic E-state index is -0.286. The number of thiazole rings is 1. The second-order valence-electron chi connectivity index (χ2n) is 5.73. The molecule has 6 heteroatoms. The first kappa shape index (κ1) is 17.6. The predicted molar refractivity (Wildman–Crippen MR) is 102 cm³/mol. The lowest BCUT2D eigenvalue weighted by molar-refractivity contribution is 0.0938. The van der Waals surface area contributed by atoms with E-state index in [1.54, 1.807) is 5.38 Å². The molecule has 0 bridgehead atoms. The van der Waals surface area contributed by atoms with E-state index in [1.165, 1.54) is 11.3 Å². The van der Waals surface area contributed by atoms with E-state index in [0.717, 1.165) is 16.1 Å². The highest BCUT2D eigenvalue weighted by atomic mass is 35.5. The van der Waals surface area contributed by atoms with Gasteiger partial charge in [0, 0.05) is 10.4 Å². The first-order valence-electron chi connectivity index (χ1n) is 7.87. The summed E-state index contributed by atoms with van der Waals surface area (Å²) in [6, 6.07) is 16.8. The molecule has 25 heavy (non-hydrogen) atoms. The van der Waals surface area contributed by atoms with E-state index in [0.29, 0.717) is 10.7 Å². The number of carbonyl (C=O) groups is 1. The summed E-state index contributed by atoms with van der Waals surface area (Å²) in [6.07, 6.45) is 0. The van der Waals surface area contributed by atoms with Gasteiger partial charge in [0.15, 0.2) is 0 Å². The standard InChI is InChI=1S/C19H18ClN3OS/c1-12(21)19-22-16(11-25-19)18(24)23-17(13-5-3-2-4-6-13)14-7-9-15(20)10-8-14/h2-12,17H,21H2,1H3,(H,23,24). The average Bonchev–Trinajstić information content (AvgIpc) is 3.12. The molecule has 4 nitrogen and oxygen atoms in total. The van der Waals surface area contributed by atoms with Gasteiger partial charge in [-0.2, -0.15) is 0 Å². The van der Waals surface area contributed by atoms with Crippen LogP contribution in [0.3, 0.4) is 0 Å². The molecule has 128 valence electrons. The third kappa shape index (κ3) is 4.25. The smallest absolute Gasteiger partial charge is 0.271 e. The Balaban J connectivity index is 1.89. The summed E-state index contributed by atoms with van der Waals surface area (Å²) in [7, 11) is 0. The Hall–Kier alpha value is -2.21. The molecular weight excluding hydrogens is 354 g/mol. The van der Waals surface area contributed by atoms with Crippen molar-refractivity contribution in [1.29, 1.82) is 0 Å². The van der Waals surface area contributed by atoms with Crippen LogP contribution in [0, 0.1) is 0 Å². The Kier molecular flexibility index (Phi) is 5.48. The number of nitrogens with zero attached hydrogens (tertiary/aromatic N) is 1. The zero-order chi connectivity index (χ0) is 17.8. The van der Waals surface area contributed by atoms with Crippen molar-refractivity contribution in [2.24, 2.45) is 5.73 Å². The number of nitrogens with one attached hydrogen (secondary N) is 1. The Morgan fingerprint density at radius 1 is 1.12 bits per heavy atom. The fourth-order valence-corrected chi connectivity index (χ4v) is 3.35. The number of halogens is 1. The molecule has 0 aliphatic heterocycles. The van der Waals surface area contributed by atoms with Gasteiger partial charge in [-0.15, -0.1) is 11.3 Å². The summed E-state index contributed by atoms with van der Waals surface area (Å²) in [5.74, 6) is -0.230. The van der Waals surface area contributed by atoms with Gasteiger partial charge in [0.25, 0.3) is 5.91 Å². The van der Waals surface area contributed by atoms with E-state index in [-0.39, 0.29) is 18.0 Å². The van der Waals surface area contributed by atoms with Crippen LogP contribution in [0.5, 0.6) is 0 Å². The number of rotatable bonds is 5. The molecule has 1 amide bonds. The number of carbonyl (C=O) groups excluding carboxylic acids is 1. The van der Waals surface area contributed by atoms with Crippen molar-refractivity contribution in [1.82, 2.24) is 10.3 Å². The largest absolute Gasteiger partial charge is 0.340 e. The molecule has 1 heterocycles. The Bertz CT molecular complexity index is 847. The van der Waals surface area contributed by atoms with Crippen LogP contribution >= 0.6 is 22.9 Å². The SMILES string of the molecule is CC(N)c1nc(C(=O)NC(c2ccccc2)c2ccc(Cl)cc2)cs1. The third-order valence-electron chi connectivity index (χ3n) is 3.76. The quantitative estimate of drug-likeness (QED) is 0.701. The van der Waals surface area contributed by atoms with Crippen LogP contribution in [0.1, 0.15) is 45.6 Å². The summed E-state index contributed by atoms with van der Waals surface area (Å²) in [6.45, 7) is 1.85. The van der Waals surface area contributed by atoms with Crippen LogP contribution < -0.4 is 11.1 Å². The molecule has 2 atom stereocenters. The first-order valence-corrected chi connectivity index (χ1v) is 9.12. The van der Waals surface area contributed by atoms with E-state index in [9.17, 15) is 4.79 Å². The highest BCUT2D eigenvalue weighted by Gasteiger charge is 2.20. The maximum atomic E-state index is 12.7. The summed E-state index contributed by atoms with van der Waals surface area (Å²) in [5, 5.41) is 6.19. The van der Waals surface area contributed by atoms with Gasteiger partial charge in [-0.25, -0.2) is 4.98 Å². The van der Waals surface area contributed by atoms with Crippen LogP contribution in [-0.4, -0.2) is 10.9 Å². The topological polar surface area (TPSA) is 68.0 Å². The fourth-order valence-electron chi connectivity index (χ4n) is 2.47. The highest BCUT2D eigenvalue weighted by Crippen LogP contribution is 2.24. The van der Waals surface area contributed by atoms with Gasteiger partial charge in [-0.3, -0.25) is 4.79 Å². The van der Waals surface area contributed by atoms with Crippen LogP contribution in [0.15, 0.2) is 60.0 Å². The molecule has 2 aromatic carbocycles. The summed E-state index contributed by atoms with van der Waals surface area (Å²) in [4.78, 5) is 17.0. The maximum Gasteiger partial charge on any atom is 0.271 e. The number of hydrogen-bond acceptors (Lipinski definition) is 4. The molecule has 0 saturated carbocycles. The molecule has 1 aromatic heterocycles. The van der Waals surface area contributed by atoms with Crippen LogP contribution in [0.2, 0.25) is 5.02 Å². The monoisotopic (exact) mass is 371 g/mol. The number of hydrogen-bond donors (Lipinski definition) is 2. The van der Waals surface area contributed by atoms with Crippen molar-refractivity contribution in [2.75, 3.05) is 0 Å². The summed E-state index contributed by atoms with van der Waals surface area (Å²) < 4.78 is 0. The molecular formula is C19H18ClN3OS. The van der Waals surface area contributed by atoms with E-state index in [1.807, 2.05) is 61.5 Å². The minimum absolute atomic E-state index is 0.187. The summed E-state index contributed by atoms with van der Waals surface area (Å²) >= 11 is 7.38. The molecule has 3 rings (SSSR count). The van der Waals surface area contributed by atoms with Crippen molar-refractivity contribution >= 4 is 28.8 Å². The Morgan fingerprint density at radius 3 is 2.36 bits per heavy atom. The highest BCUT2D eigenvalue weighted by molar-refractivity contribution is 7.09. The second-order valence-corrected chi connectivity index (χ2v) is 7.05. The van der Waals surface area contributed by atoms with Crippen molar-refractivity contribution in [3.63, 3.8) is 0 Å². The third-order valence-corrected chi connectivity index (χ3v) is 5.05. The van der Waals surface area contributed by atoms with Crippen molar-refractivity contribution in [3.05, 3.63) is 86.8 Å². The first-order chi connectivity index (χ1) is 12.0. The molecule has 0 aliphatic carbocycles. The van der Waals surface area contributed by atoms with Gasteiger partial charge in [-0.1, -0.05) is 54.1 Å². The van der Waals surface area contributed by atoms with Gasteiger partial charge < -0.3 is 11.1 Å². The molecule has 0 aliphatic rings.